The van der Waals surface area contributed by atoms with Gasteiger partial charge in [0.05, 0.1) is 5.56 Å². The molecule has 24 heavy (non-hydrogen) atoms. The topological polar surface area (TPSA) is 36.2 Å². The quantitative estimate of drug-likeness (QED) is 0.778. The number of hydrogen-bond donors (Lipinski definition) is 0. The van der Waals surface area contributed by atoms with Gasteiger partial charge in [0.15, 0.2) is 11.6 Å². The maximum absolute atomic E-state index is 14.3. The number of nitrogens with zero attached hydrogens (tertiary/aromatic N) is 2. The van der Waals surface area contributed by atoms with Crippen LogP contribution in [-0.4, -0.2) is 16.0 Å². The molecule has 1 aromatic carbocycles. The predicted molar refractivity (Wildman–Crippen MR) is 88.6 cm³/mol. The molecule has 1 aliphatic heterocycles. The normalized spacial score (nSPS) is 13.7. The van der Waals surface area contributed by atoms with Crippen LogP contribution in [0.2, 0.25) is 5.15 Å². The summed E-state index contributed by atoms with van der Waals surface area (Å²) in [5, 5.41) is 0.163. The van der Waals surface area contributed by atoms with Gasteiger partial charge in [-0.25, -0.2) is 13.5 Å². The van der Waals surface area contributed by atoms with Crippen molar-refractivity contribution in [1.82, 2.24) is 9.36 Å². The SMILES string of the molecule is C=C(C)COc1cc(-c2c(Cl)n3n(c2=O)CCCC3)c(F)cc1F. The summed E-state index contributed by atoms with van der Waals surface area (Å²) < 4.78 is 36.7. The zero-order valence-corrected chi connectivity index (χ0v) is 14.0. The van der Waals surface area contributed by atoms with Crippen molar-refractivity contribution in [3.05, 3.63) is 51.4 Å². The maximum atomic E-state index is 14.3. The summed E-state index contributed by atoms with van der Waals surface area (Å²) in [5.74, 6) is -1.82. The summed E-state index contributed by atoms with van der Waals surface area (Å²) in [5.41, 5.74) is 0.294. The molecule has 128 valence electrons. The summed E-state index contributed by atoms with van der Waals surface area (Å²) in [7, 11) is 0. The second-order valence-corrected chi connectivity index (χ2v) is 6.29. The van der Waals surface area contributed by atoms with Crippen LogP contribution in [0, 0.1) is 11.6 Å². The van der Waals surface area contributed by atoms with Gasteiger partial charge >= 0.3 is 0 Å². The number of aromatic nitrogens is 2. The average Bonchev–Trinajstić information content (AvgIpc) is 2.79. The molecule has 0 atom stereocenters. The number of halogens is 3. The van der Waals surface area contributed by atoms with Crippen LogP contribution in [0.3, 0.4) is 0 Å². The Bertz CT molecular complexity index is 870. The van der Waals surface area contributed by atoms with Crippen LogP contribution in [-0.2, 0) is 13.1 Å². The molecule has 0 aliphatic carbocycles. The highest BCUT2D eigenvalue weighted by molar-refractivity contribution is 6.32. The van der Waals surface area contributed by atoms with Crippen LogP contribution in [0.4, 0.5) is 8.78 Å². The van der Waals surface area contributed by atoms with E-state index in [-0.39, 0.29) is 34.2 Å². The molecule has 0 unspecified atom stereocenters. The van der Waals surface area contributed by atoms with Crippen molar-refractivity contribution in [3.63, 3.8) is 0 Å². The number of rotatable bonds is 4. The lowest BCUT2D eigenvalue weighted by Gasteiger charge is -2.17. The van der Waals surface area contributed by atoms with Crippen molar-refractivity contribution in [2.75, 3.05) is 6.61 Å². The third-order valence-electron chi connectivity index (χ3n) is 3.93. The number of benzene rings is 1. The van der Waals surface area contributed by atoms with E-state index in [0.717, 1.165) is 12.8 Å². The summed E-state index contributed by atoms with van der Waals surface area (Å²) >= 11 is 6.30. The Hall–Kier alpha value is -2.08. The number of ether oxygens (including phenoxy) is 1. The minimum absolute atomic E-state index is 0.0382. The van der Waals surface area contributed by atoms with E-state index < -0.39 is 11.6 Å². The number of hydrogen-bond acceptors (Lipinski definition) is 2. The third-order valence-corrected chi connectivity index (χ3v) is 4.31. The fourth-order valence-corrected chi connectivity index (χ4v) is 3.14. The molecule has 1 aliphatic rings. The lowest BCUT2D eigenvalue weighted by Crippen LogP contribution is -2.27. The van der Waals surface area contributed by atoms with Crippen molar-refractivity contribution in [3.8, 4) is 16.9 Å². The smallest absolute Gasteiger partial charge is 0.276 e. The summed E-state index contributed by atoms with van der Waals surface area (Å²) in [6.07, 6.45) is 1.75. The first-order chi connectivity index (χ1) is 11.4. The van der Waals surface area contributed by atoms with Gasteiger partial charge in [0.25, 0.3) is 5.56 Å². The second-order valence-electron chi connectivity index (χ2n) is 5.93. The van der Waals surface area contributed by atoms with Crippen LogP contribution < -0.4 is 10.3 Å². The molecule has 3 rings (SSSR count). The monoisotopic (exact) mass is 354 g/mol. The molecule has 1 aromatic heterocycles. The van der Waals surface area contributed by atoms with Gasteiger partial charge in [0, 0.05) is 24.7 Å². The molecule has 0 N–H and O–H groups in total. The van der Waals surface area contributed by atoms with Gasteiger partial charge in [-0.2, -0.15) is 0 Å². The fraction of sp³-hybridized carbons (Fsp3) is 0.353. The van der Waals surface area contributed by atoms with Crippen LogP contribution in [0.5, 0.6) is 5.75 Å². The molecule has 4 nitrogen and oxygen atoms in total. The van der Waals surface area contributed by atoms with Crippen molar-refractivity contribution in [1.29, 1.82) is 0 Å². The summed E-state index contributed by atoms with van der Waals surface area (Å²) in [6.45, 7) is 6.62. The van der Waals surface area contributed by atoms with Crippen molar-refractivity contribution >= 4 is 11.6 Å². The van der Waals surface area contributed by atoms with E-state index >= 15 is 0 Å². The minimum atomic E-state index is -0.849. The molecular formula is C17H17ClF2N2O2. The van der Waals surface area contributed by atoms with Gasteiger partial charge in [-0.15, -0.1) is 0 Å². The van der Waals surface area contributed by atoms with E-state index in [1.54, 1.807) is 11.6 Å². The van der Waals surface area contributed by atoms with Crippen LogP contribution in [0.15, 0.2) is 29.1 Å². The Labute approximate surface area is 142 Å². The van der Waals surface area contributed by atoms with E-state index in [2.05, 4.69) is 6.58 Å². The highest BCUT2D eigenvalue weighted by Gasteiger charge is 2.25. The second kappa shape index (κ2) is 6.43. The molecule has 0 saturated heterocycles. The van der Waals surface area contributed by atoms with Crippen LogP contribution in [0.1, 0.15) is 19.8 Å². The zero-order chi connectivity index (χ0) is 17.4. The number of fused-ring (bicyclic) bond motifs is 1. The standard InChI is InChI=1S/C17H17ClF2N2O2/c1-10(2)9-24-14-7-11(12(19)8-13(14)20)15-16(18)21-5-3-4-6-22(21)17(15)23/h7-8H,1,3-6,9H2,2H3. The van der Waals surface area contributed by atoms with E-state index in [9.17, 15) is 13.6 Å². The lowest BCUT2D eigenvalue weighted by molar-refractivity contribution is 0.331. The van der Waals surface area contributed by atoms with Gasteiger partial charge in [0.1, 0.15) is 17.6 Å². The van der Waals surface area contributed by atoms with E-state index in [0.29, 0.717) is 24.7 Å². The molecule has 0 amide bonds. The van der Waals surface area contributed by atoms with Crippen LogP contribution in [0.25, 0.3) is 11.1 Å². The van der Waals surface area contributed by atoms with Gasteiger partial charge in [-0.3, -0.25) is 9.48 Å². The van der Waals surface area contributed by atoms with E-state index in [1.807, 2.05) is 0 Å². The van der Waals surface area contributed by atoms with Crippen molar-refractivity contribution < 1.29 is 13.5 Å². The fourth-order valence-electron chi connectivity index (χ4n) is 2.78. The Balaban J connectivity index is 2.13. The maximum Gasteiger partial charge on any atom is 0.276 e. The molecule has 0 saturated carbocycles. The van der Waals surface area contributed by atoms with Gasteiger partial charge < -0.3 is 4.74 Å². The largest absolute Gasteiger partial charge is 0.486 e. The molecule has 2 heterocycles. The molecular weight excluding hydrogens is 338 g/mol. The van der Waals surface area contributed by atoms with Crippen molar-refractivity contribution in [2.24, 2.45) is 0 Å². The third kappa shape index (κ3) is 2.86. The Morgan fingerprint density at radius 2 is 1.92 bits per heavy atom. The molecule has 2 aromatic rings. The van der Waals surface area contributed by atoms with Gasteiger partial charge in [-0.05, 0) is 31.4 Å². The van der Waals surface area contributed by atoms with E-state index in [1.165, 1.54) is 10.7 Å². The molecule has 0 fully saturated rings. The first kappa shape index (κ1) is 16.8. The zero-order valence-electron chi connectivity index (χ0n) is 13.2. The molecule has 0 radical (unpaired) electrons. The van der Waals surface area contributed by atoms with E-state index in [4.69, 9.17) is 16.3 Å². The Morgan fingerprint density at radius 3 is 2.54 bits per heavy atom. The summed E-state index contributed by atoms with van der Waals surface area (Å²) in [4.78, 5) is 12.6. The lowest BCUT2D eigenvalue weighted by atomic mass is 10.1. The molecule has 0 spiro atoms. The Kier molecular flexibility index (Phi) is 4.49. The van der Waals surface area contributed by atoms with Crippen LogP contribution >= 0.6 is 11.6 Å². The predicted octanol–water partition coefficient (Wildman–Crippen LogP) is 4.00. The summed E-state index contributed by atoms with van der Waals surface area (Å²) in [6, 6.07) is 1.89. The first-order valence-electron chi connectivity index (χ1n) is 7.66. The van der Waals surface area contributed by atoms with Gasteiger partial charge in [0.2, 0.25) is 0 Å². The first-order valence-corrected chi connectivity index (χ1v) is 8.03. The molecule has 7 heteroatoms. The highest BCUT2D eigenvalue weighted by Crippen LogP contribution is 2.33. The Morgan fingerprint density at radius 1 is 1.25 bits per heavy atom. The average molecular weight is 355 g/mol. The highest BCUT2D eigenvalue weighted by atomic mass is 35.5. The van der Waals surface area contributed by atoms with Crippen molar-refractivity contribution in [2.45, 2.75) is 32.9 Å². The minimum Gasteiger partial charge on any atom is -0.486 e. The molecule has 0 bridgehead atoms. The van der Waals surface area contributed by atoms with Gasteiger partial charge in [-0.1, -0.05) is 18.2 Å².